The van der Waals surface area contributed by atoms with Crippen molar-refractivity contribution in [3.63, 3.8) is 0 Å². The third-order valence-electron chi connectivity index (χ3n) is 12.0. The molecule has 6 heteroatoms. The average Bonchev–Trinajstić information content (AvgIpc) is 3.87. The molecule has 5 nitrogen and oxygen atoms in total. The Balaban J connectivity index is 0.949. The molecule has 9 aromatic carbocycles. The maximum absolute atomic E-state index is 15.8. The van der Waals surface area contributed by atoms with Crippen LogP contribution in [-0.2, 0) is 0 Å². The zero-order valence-corrected chi connectivity index (χ0v) is 33.9. The smallest absolute Gasteiger partial charge is 0.164 e. The van der Waals surface area contributed by atoms with Crippen molar-refractivity contribution >= 4 is 43.6 Å². The van der Waals surface area contributed by atoms with Gasteiger partial charge in [-0.1, -0.05) is 146 Å². The van der Waals surface area contributed by atoms with Gasteiger partial charge in [0.05, 0.1) is 22.1 Å². The minimum absolute atomic E-state index is 0.371. The first-order valence-electron chi connectivity index (χ1n) is 21.0. The van der Waals surface area contributed by atoms with Crippen molar-refractivity contribution in [2.75, 3.05) is 0 Å². The van der Waals surface area contributed by atoms with Gasteiger partial charge in [-0.15, -0.1) is 0 Å². The number of hydrogen-bond acceptors (Lipinski definition) is 3. The van der Waals surface area contributed by atoms with Crippen LogP contribution in [0, 0.1) is 5.82 Å². The summed E-state index contributed by atoms with van der Waals surface area (Å²) in [4.78, 5) is 14.6. The summed E-state index contributed by atoms with van der Waals surface area (Å²) in [5.41, 5.74) is 12.9. The molecule has 0 aliphatic rings. The molecule has 0 fully saturated rings. The van der Waals surface area contributed by atoms with Crippen LogP contribution in [0.3, 0.4) is 0 Å². The number of fused-ring (bicyclic) bond motifs is 6. The van der Waals surface area contributed by atoms with E-state index in [2.05, 4.69) is 149 Å². The Bertz CT molecular complexity index is 3610. The molecule has 12 aromatic rings. The Labute approximate surface area is 362 Å². The van der Waals surface area contributed by atoms with Gasteiger partial charge in [-0.2, -0.15) is 0 Å². The van der Waals surface area contributed by atoms with Gasteiger partial charge in [-0.3, -0.25) is 0 Å². The van der Waals surface area contributed by atoms with Crippen molar-refractivity contribution in [2.24, 2.45) is 0 Å². The van der Waals surface area contributed by atoms with Crippen LogP contribution in [0.5, 0.6) is 0 Å². The van der Waals surface area contributed by atoms with Gasteiger partial charge in [0, 0.05) is 49.6 Å². The average molecular weight is 810 g/mol. The molecule has 0 saturated heterocycles. The third kappa shape index (κ3) is 6.35. The largest absolute Gasteiger partial charge is 0.309 e. The molecule has 0 saturated carbocycles. The van der Waals surface area contributed by atoms with E-state index in [0.29, 0.717) is 23.0 Å². The first-order valence-corrected chi connectivity index (χ1v) is 21.0. The summed E-state index contributed by atoms with van der Waals surface area (Å²) in [5, 5.41) is 4.71. The fourth-order valence-corrected chi connectivity index (χ4v) is 9.06. The van der Waals surface area contributed by atoms with Gasteiger partial charge in [-0.05, 0) is 95.1 Å². The zero-order chi connectivity index (χ0) is 41.9. The summed E-state index contributed by atoms with van der Waals surface area (Å²) < 4.78 is 20.5. The molecule has 3 aromatic heterocycles. The van der Waals surface area contributed by atoms with Crippen LogP contribution in [0.2, 0.25) is 0 Å². The summed E-state index contributed by atoms with van der Waals surface area (Å²) >= 11 is 0. The highest BCUT2D eigenvalue weighted by atomic mass is 19.1. The van der Waals surface area contributed by atoms with Gasteiger partial charge in [0.2, 0.25) is 0 Å². The van der Waals surface area contributed by atoms with Crippen LogP contribution in [0.1, 0.15) is 0 Å². The van der Waals surface area contributed by atoms with E-state index in [0.717, 1.165) is 66.6 Å². The predicted molar refractivity (Wildman–Crippen MR) is 256 cm³/mol. The van der Waals surface area contributed by atoms with Gasteiger partial charge in [0.25, 0.3) is 0 Å². The molecule has 0 N–H and O–H groups in total. The van der Waals surface area contributed by atoms with E-state index < -0.39 is 0 Å². The maximum Gasteiger partial charge on any atom is 0.164 e. The van der Waals surface area contributed by atoms with Crippen LogP contribution in [-0.4, -0.2) is 24.1 Å². The first kappa shape index (κ1) is 36.4. The van der Waals surface area contributed by atoms with Crippen molar-refractivity contribution in [1.82, 2.24) is 24.1 Å². The molecule has 0 bridgehead atoms. The van der Waals surface area contributed by atoms with Gasteiger partial charge >= 0.3 is 0 Å². The molecule has 0 spiro atoms. The lowest BCUT2D eigenvalue weighted by Crippen LogP contribution is -2.00. The number of benzene rings is 9. The summed E-state index contributed by atoms with van der Waals surface area (Å²) in [6, 6.07) is 74.3. The molecule has 12 rings (SSSR count). The molecular formula is C57H36FN5. The van der Waals surface area contributed by atoms with Gasteiger partial charge < -0.3 is 9.13 Å². The fraction of sp³-hybridized carbons (Fsp3) is 0. The number of rotatable bonds is 7. The molecule has 296 valence electrons. The highest BCUT2D eigenvalue weighted by molar-refractivity contribution is 6.11. The van der Waals surface area contributed by atoms with Crippen LogP contribution in [0.15, 0.2) is 218 Å². The van der Waals surface area contributed by atoms with Crippen LogP contribution in [0.4, 0.5) is 4.39 Å². The number of hydrogen-bond donors (Lipinski definition) is 0. The zero-order valence-electron chi connectivity index (χ0n) is 33.9. The molecule has 0 radical (unpaired) electrons. The number of halogens is 1. The minimum Gasteiger partial charge on any atom is -0.309 e. The summed E-state index contributed by atoms with van der Waals surface area (Å²) in [6.07, 6.45) is 0. The molecule has 0 aliphatic carbocycles. The lowest BCUT2D eigenvalue weighted by molar-refractivity contribution is 0.628. The molecule has 0 amide bonds. The summed E-state index contributed by atoms with van der Waals surface area (Å²) in [6.45, 7) is 0. The van der Waals surface area contributed by atoms with E-state index in [4.69, 9.17) is 15.0 Å². The third-order valence-corrected chi connectivity index (χ3v) is 12.0. The number of para-hydroxylation sites is 3. The lowest BCUT2D eigenvalue weighted by atomic mass is 10.0. The van der Waals surface area contributed by atoms with E-state index in [1.54, 1.807) is 6.07 Å². The van der Waals surface area contributed by atoms with Crippen LogP contribution in [0.25, 0.3) is 111 Å². The summed E-state index contributed by atoms with van der Waals surface area (Å²) in [5.74, 6) is 1.08. The van der Waals surface area contributed by atoms with E-state index in [1.165, 1.54) is 27.9 Å². The van der Waals surface area contributed by atoms with Crippen LogP contribution >= 0.6 is 0 Å². The Morgan fingerprint density at radius 2 is 0.714 bits per heavy atom. The highest BCUT2D eigenvalue weighted by Gasteiger charge is 2.18. The van der Waals surface area contributed by atoms with Gasteiger partial charge in [-0.25, -0.2) is 19.3 Å². The van der Waals surface area contributed by atoms with Crippen LogP contribution < -0.4 is 0 Å². The quantitative estimate of drug-likeness (QED) is 0.161. The first-order chi connectivity index (χ1) is 31.1. The van der Waals surface area contributed by atoms with Gasteiger partial charge in [0.1, 0.15) is 5.82 Å². The maximum atomic E-state index is 15.8. The van der Waals surface area contributed by atoms with E-state index >= 15 is 4.39 Å². The van der Waals surface area contributed by atoms with E-state index in [-0.39, 0.29) is 5.82 Å². The molecule has 0 atom stereocenters. The monoisotopic (exact) mass is 809 g/mol. The van der Waals surface area contributed by atoms with E-state index in [1.807, 2.05) is 66.7 Å². The second-order valence-corrected chi connectivity index (χ2v) is 15.8. The molecule has 0 aliphatic heterocycles. The Morgan fingerprint density at radius 1 is 0.270 bits per heavy atom. The van der Waals surface area contributed by atoms with Crippen molar-refractivity contribution in [3.05, 3.63) is 224 Å². The molecule has 63 heavy (non-hydrogen) atoms. The lowest BCUT2D eigenvalue weighted by Gasteiger charge is -2.12. The second-order valence-electron chi connectivity index (χ2n) is 15.8. The Morgan fingerprint density at radius 3 is 1.37 bits per heavy atom. The minimum atomic E-state index is -0.371. The molecular weight excluding hydrogens is 774 g/mol. The van der Waals surface area contributed by atoms with Crippen molar-refractivity contribution in [1.29, 1.82) is 0 Å². The number of aromatic nitrogens is 5. The Kier molecular flexibility index (Phi) is 8.61. The molecule has 0 unspecified atom stereocenters. The van der Waals surface area contributed by atoms with Gasteiger partial charge in [0.15, 0.2) is 17.5 Å². The second kappa shape index (κ2) is 14.9. The van der Waals surface area contributed by atoms with Crippen molar-refractivity contribution in [2.45, 2.75) is 0 Å². The predicted octanol–water partition coefficient (Wildman–Crippen LogP) is 14.5. The van der Waals surface area contributed by atoms with Crippen molar-refractivity contribution in [3.8, 4) is 67.8 Å². The van der Waals surface area contributed by atoms with E-state index in [9.17, 15) is 0 Å². The normalized spacial score (nSPS) is 11.6. The fourth-order valence-electron chi connectivity index (χ4n) is 9.06. The number of nitrogens with zero attached hydrogens (tertiary/aromatic N) is 5. The van der Waals surface area contributed by atoms with Crippen molar-refractivity contribution < 1.29 is 4.39 Å². The molecule has 3 heterocycles. The summed E-state index contributed by atoms with van der Waals surface area (Å²) in [7, 11) is 0. The SMILES string of the molecule is Fc1cc(-c2ccc3c4ccccc4n(-c4ccc(-c5ccc6c(c5)c5ccccc5n6-c5ccccc5)cc4)c3c2)cc(-c2nc(-c3ccccc3)nc(-c3ccccc3)n2)c1. The topological polar surface area (TPSA) is 48.5 Å². The standard InChI is InChI=1S/C57H36FN5/c58-44-33-42(32-43(34-44)57-60-55(38-14-4-1-5-15-38)59-56(61-57)39-16-6-2-7-17-39)41-26-30-49-47-20-10-12-22-51(47)63(54(49)36-41)46-28-24-37(25-29-46)40-27-31-53-50(35-40)48-21-11-13-23-52(48)62(53)45-18-8-3-9-19-45/h1-36H. The Hall–Kier alpha value is -8.48. The highest BCUT2D eigenvalue weighted by Crippen LogP contribution is 2.38.